The fourth-order valence-electron chi connectivity index (χ4n) is 3.11. The van der Waals surface area contributed by atoms with Gasteiger partial charge >= 0.3 is 5.97 Å². The lowest BCUT2D eigenvalue weighted by molar-refractivity contribution is -0.156. The van der Waals surface area contributed by atoms with Gasteiger partial charge < -0.3 is 5.11 Å². The van der Waals surface area contributed by atoms with Gasteiger partial charge in [0, 0.05) is 0 Å². The molecule has 1 atom stereocenters. The summed E-state index contributed by atoms with van der Waals surface area (Å²) in [6, 6.07) is 2.14. The molecule has 3 heteroatoms. The number of hydrogen-bond acceptors (Lipinski definition) is 2. The molecule has 1 aliphatic rings. The Bertz CT molecular complexity index is 329. The van der Waals surface area contributed by atoms with Gasteiger partial charge in [0.05, 0.1) is 6.07 Å². The Balaban J connectivity index is 3.08. The largest absolute Gasteiger partial charge is 0.480 e. The van der Waals surface area contributed by atoms with E-state index in [1.54, 1.807) is 0 Å². The topological polar surface area (TPSA) is 61.1 Å². The van der Waals surface area contributed by atoms with E-state index in [0.29, 0.717) is 5.92 Å². The Morgan fingerprint density at radius 1 is 1.24 bits per heavy atom. The summed E-state index contributed by atoms with van der Waals surface area (Å²) in [4.78, 5) is 11.7. The molecule has 0 bridgehead atoms. The quantitative estimate of drug-likeness (QED) is 0.800. The molecular weight excluding hydrogens is 214 g/mol. The van der Waals surface area contributed by atoms with Gasteiger partial charge in [0.15, 0.2) is 5.41 Å². The Labute approximate surface area is 104 Å². The molecule has 0 amide bonds. The summed E-state index contributed by atoms with van der Waals surface area (Å²) in [5.74, 6) is -0.301. The van der Waals surface area contributed by atoms with Crippen LogP contribution in [0.25, 0.3) is 0 Å². The van der Waals surface area contributed by atoms with Crippen LogP contribution in [0.3, 0.4) is 0 Å². The molecule has 17 heavy (non-hydrogen) atoms. The Morgan fingerprint density at radius 3 is 2.00 bits per heavy atom. The SMILES string of the molecule is CC1CCC(C(C#N)(C(=O)O)C(C)(C)C)CC1. The van der Waals surface area contributed by atoms with Crippen LogP contribution in [-0.2, 0) is 4.79 Å². The zero-order chi connectivity index (χ0) is 13.3. The second-order valence-electron chi connectivity index (χ2n) is 6.43. The molecule has 0 heterocycles. The zero-order valence-electron chi connectivity index (χ0n) is 11.3. The van der Waals surface area contributed by atoms with Crippen molar-refractivity contribution < 1.29 is 9.90 Å². The van der Waals surface area contributed by atoms with Crippen LogP contribution in [0.1, 0.15) is 53.4 Å². The molecule has 1 saturated carbocycles. The van der Waals surface area contributed by atoms with Gasteiger partial charge in [-0.15, -0.1) is 0 Å². The van der Waals surface area contributed by atoms with Crippen LogP contribution >= 0.6 is 0 Å². The molecule has 0 aromatic heterocycles. The molecule has 0 radical (unpaired) electrons. The molecular formula is C14H23NO2. The van der Waals surface area contributed by atoms with E-state index in [2.05, 4.69) is 13.0 Å². The molecule has 3 nitrogen and oxygen atoms in total. The van der Waals surface area contributed by atoms with Crippen LogP contribution in [0, 0.1) is 34.0 Å². The molecule has 0 aromatic rings. The molecule has 0 aliphatic heterocycles. The summed E-state index contributed by atoms with van der Waals surface area (Å²) in [7, 11) is 0. The third-order valence-corrected chi connectivity index (χ3v) is 4.32. The van der Waals surface area contributed by atoms with E-state index in [9.17, 15) is 15.2 Å². The first kappa shape index (κ1) is 14.0. The second kappa shape index (κ2) is 4.68. The van der Waals surface area contributed by atoms with Crippen LogP contribution in [0.4, 0.5) is 0 Å². The fraction of sp³-hybridized carbons (Fsp3) is 0.857. The standard InChI is InChI=1S/C14H23NO2/c1-10-5-7-11(8-6-10)14(9-15,12(16)17)13(2,3)4/h10-11H,5-8H2,1-4H3,(H,16,17). The summed E-state index contributed by atoms with van der Waals surface area (Å²) < 4.78 is 0. The van der Waals surface area contributed by atoms with E-state index in [4.69, 9.17) is 0 Å². The van der Waals surface area contributed by atoms with Gasteiger partial charge in [-0.05, 0) is 30.1 Å². The van der Waals surface area contributed by atoms with E-state index < -0.39 is 16.8 Å². The third kappa shape index (κ3) is 2.31. The predicted molar refractivity (Wildman–Crippen MR) is 66.3 cm³/mol. The van der Waals surface area contributed by atoms with Crippen LogP contribution < -0.4 is 0 Å². The number of nitriles is 1. The Kier molecular flexibility index (Phi) is 3.86. The van der Waals surface area contributed by atoms with Crippen molar-refractivity contribution in [3.8, 4) is 6.07 Å². The fourth-order valence-corrected chi connectivity index (χ4v) is 3.11. The third-order valence-electron chi connectivity index (χ3n) is 4.32. The maximum Gasteiger partial charge on any atom is 0.324 e. The van der Waals surface area contributed by atoms with Crippen LogP contribution in [0.2, 0.25) is 0 Å². The predicted octanol–water partition coefficient (Wildman–Crippen LogP) is 3.45. The minimum absolute atomic E-state index is 0.0128. The first-order valence-corrected chi connectivity index (χ1v) is 6.40. The molecule has 96 valence electrons. The highest BCUT2D eigenvalue weighted by Crippen LogP contribution is 2.50. The highest BCUT2D eigenvalue weighted by molar-refractivity contribution is 5.79. The molecule has 1 fully saturated rings. The number of aliphatic carboxylic acids is 1. The van der Waals surface area contributed by atoms with Gasteiger partial charge in [-0.25, -0.2) is 0 Å². The molecule has 1 rings (SSSR count). The van der Waals surface area contributed by atoms with Gasteiger partial charge in [-0.2, -0.15) is 5.26 Å². The Hall–Kier alpha value is -1.04. The minimum atomic E-state index is -1.24. The summed E-state index contributed by atoms with van der Waals surface area (Å²) in [5, 5.41) is 19.0. The van der Waals surface area contributed by atoms with Crippen molar-refractivity contribution in [1.82, 2.24) is 0 Å². The lowest BCUT2D eigenvalue weighted by Crippen LogP contribution is -2.48. The zero-order valence-corrected chi connectivity index (χ0v) is 11.3. The highest BCUT2D eigenvalue weighted by Gasteiger charge is 2.55. The summed E-state index contributed by atoms with van der Waals surface area (Å²) >= 11 is 0. The highest BCUT2D eigenvalue weighted by atomic mass is 16.4. The van der Waals surface area contributed by atoms with E-state index in [1.165, 1.54) is 0 Å². The average Bonchev–Trinajstić information content (AvgIpc) is 2.19. The van der Waals surface area contributed by atoms with Crippen molar-refractivity contribution >= 4 is 5.97 Å². The number of carboxylic acid groups (broad SMARTS) is 1. The maximum atomic E-state index is 11.7. The van der Waals surface area contributed by atoms with Gasteiger partial charge in [0.2, 0.25) is 0 Å². The summed E-state index contributed by atoms with van der Waals surface area (Å²) in [5.41, 5.74) is -1.77. The Morgan fingerprint density at radius 2 is 1.71 bits per heavy atom. The number of rotatable bonds is 2. The van der Waals surface area contributed by atoms with Crippen molar-refractivity contribution in [2.24, 2.45) is 22.7 Å². The van der Waals surface area contributed by atoms with E-state index in [-0.39, 0.29) is 5.92 Å². The van der Waals surface area contributed by atoms with Crippen LogP contribution in [0.15, 0.2) is 0 Å². The smallest absolute Gasteiger partial charge is 0.324 e. The number of hydrogen-bond donors (Lipinski definition) is 1. The lowest BCUT2D eigenvalue weighted by Gasteiger charge is -2.43. The molecule has 1 unspecified atom stereocenters. The second-order valence-corrected chi connectivity index (χ2v) is 6.43. The molecule has 0 aromatic carbocycles. The van der Waals surface area contributed by atoms with Crippen LogP contribution in [-0.4, -0.2) is 11.1 Å². The van der Waals surface area contributed by atoms with Crippen molar-refractivity contribution in [1.29, 1.82) is 5.26 Å². The minimum Gasteiger partial charge on any atom is -0.480 e. The first-order valence-electron chi connectivity index (χ1n) is 6.40. The van der Waals surface area contributed by atoms with Crippen molar-refractivity contribution in [3.05, 3.63) is 0 Å². The number of carbonyl (C=O) groups is 1. The van der Waals surface area contributed by atoms with E-state index >= 15 is 0 Å². The van der Waals surface area contributed by atoms with Crippen LogP contribution in [0.5, 0.6) is 0 Å². The van der Waals surface area contributed by atoms with Crippen molar-refractivity contribution in [2.45, 2.75) is 53.4 Å². The van der Waals surface area contributed by atoms with Crippen molar-refractivity contribution in [2.75, 3.05) is 0 Å². The van der Waals surface area contributed by atoms with Gasteiger partial charge in [0.1, 0.15) is 0 Å². The van der Waals surface area contributed by atoms with E-state index in [1.807, 2.05) is 20.8 Å². The normalized spacial score (nSPS) is 29.1. The van der Waals surface area contributed by atoms with Crippen molar-refractivity contribution in [3.63, 3.8) is 0 Å². The van der Waals surface area contributed by atoms with Gasteiger partial charge in [-0.1, -0.05) is 40.5 Å². The first-order chi connectivity index (χ1) is 7.75. The lowest BCUT2D eigenvalue weighted by atomic mass is 9.56. The molecule has 1 aliphatic carbocycles. The monoisotopic (exact) mass is 237 g/mol. The summed E-state index contributed by atoms with van der Waals surface area (Å²) in [6.07, 6.45) is 3.80. The maximum absolute atomic E-state index is 11.7. The van der Waals surface area contributed by atoms with Gasteiger partial charge in [0.25, 0.3) is 0 Å². The van der Waals surface area contributed by atoms with Gasteiger partial charge in [-0.3, -0.25) is 4.79 Å². The molecule has 0 spiro atoms. The van der Waals surface area contributed by atoms with E-state index in [0.717, 1.165) is 25.7 Å². The molecule has 1 N–H and O–H groups in total. The number of nitrogens with zero attached hydrogens (tertiary/aromatic N) is 1. The summed E-state index contributed by atoms with van der Waals surface area (Å²) in [6.45, 7) is 7.79. The average molecular weight is 237 g/mol. The molecule has 0 saturated heterocycles. The number of carboxylic acids is 1.